The van der Waals surface area contributed by atoms with Crippen LogP contribution in [-0.2, 0) is 0 Å². The van der Waals surface area contributed by atoms with Crippen LogP contribution in [0.25, 0.3) is 0 Å². The van der Waals surface area contributed by atoms with E-state index in [0.29, 0.717) is 0 Å². The number of aliphatic hydroxyl groups excluding tert-OH is 1. The monoisotopic (exact) mass is 238 g/mol. The molecule has 3 N–H and O–H groups in total. The second-order valence-electron chi connectivity index (χ2n) is 4.18. The number of hydrogen-bond donors (Lipinski definition) is 2. The van der Waals surface area contributed by atoms with Gasteiger partial charge < -0.3 is 15.7 Å². The Hall–Kier alpha value is -1.62. The first-order chi connectivity index (χ1) is 8.13. The normalized spacial score (nSPS) is 14.7. The Balaban J connectivity index is 2.24. The molecule has 1 aliphatic carbocycles. The highest BCUT2D eigenvalue weighted by Crippen LogP contribution is 2.29. The number of hydrogen-bond acceptors (Lipinski definition) is 3. The Morgan fingerprint density at radius 1 is 1.53 bits per heavy atom. The van der Waals surface area contributed by atoms with Gasteiger partial charge in [-0.15, -0.1) is 0 Å². The van der Waals surface area contributed by atoms with E-state index < -0.39 is 5.82 Å². The van der Waals surface area contributed by atoms with E-state index in [4.69, 9.17) is 10.8 Å². The lowest BCUT2D eigenvalue weighted by molar-refractivity contribution is 0.0708. The third kappa shape index (κ3) is 2.55. The molecule has 1 aromatic rings. The van der Waals surface area contributed by atoms with Crippen LogP contribution in [0.5, 0.6) is 0 Å². The Kier molecular flexibility index (Phi) is 3.28. The van der Waals surface area contributed by atoms with Gasteiger partial charge in [-0.2, -0.15) is 0 Å². The highest BCUT2D eigenvalue weighted by Gasteiger charge is 2.33. The van der Waals surface area contributed by atoms with Crippen molar-refractivity contribution >= 4 is 11.6 Å². The molecule has 92 valence electrons. The van der Waals surface area contributed by atoms with E-state index >= 15 is 0 Å². The van der Waals surface area contributed by atoms with Gasteiger partial charge in [-0.25, -0.2) is 4.39 Å². The molecule has 0 aromatic heterocycles. The second-order valence-corrected chi connectivity index (χ2v) is 4.18. The third-order valence-electron chi connectivity index (χ3n) is 2.84. The molecule has 4 nitrogen and oxygen atoms in total. The van der Waals surface area contributed by atoms with Crippen molar-refractivity contribution in [2.45, 2.75) is 18.9 Å². The molecule has 0 spiro atoms. The van der Waals surface area contributed by atoms with E-state index in [1.807, 2.05) is 0 Å². The number of benzene rings is 1. The fourth-order valence-electron chi connectivity index (χ4n) is 1.81. The molecule has 0 radical (unpaired) electrons. The van der Waals surface area contributed by atoms with Crippen molar-refractivity contribution < 1.29 is 14.3 Å². The van der Waals surface area contributed by atoms with Crippen LogP contribution < -0.4 is 5.73 Å². The van der Waals surface area contributed by atoms with E-state index in [1.54, 1.807) is 4.90 Å². The van der Waals surface area contributed by atoms with E-state index in [2.05, 4.69) is 0 Å². The summed E-state index contributed by atoms with van der Waals surface area (Å²) in [6.07, 6.45) is 1.86. The minimum Gasteiger partial charge on any atom is -0.398 e. The van der Waals surface area contributed by atoms with Crippen LogP contribution in [0.1, 0.15) is 23.2 Å². The van der Waals surface area contributed by atoms with Crippen LogP contribution in [0, 0.1) is 5.82 Å². The average molecular weight is 238 g/mol. The van der Waals surface area contributed by atoms with Gasteiger partial charge in [0.05, 0.1) is 12.2 Å². The van der Waals surface area contributed by atoms with Crippen LogP contribution in [0.3, 0.4) is 0 Å². The van der Waals surface area contributed by atoms with E-state index in [9.17, 15) is 9.18 Å². The summed E-state index contributed by atoms with van der Waals surface area (Å²) in [6, 6.07) is 3.91. The van der Waals surface area contributed by atoms with Gasteiger partial charge in [0.25, 0.3) is 5.91 Å². The number of nitrogen functional groups attached to an aromatic ring is 1. The van der Waals surface area contributed by atoms with Crippen molar-refractivity contribution in [2.24, 2.45) is 0 Å². The zero-order valence-corrected chi connectivity index (χ0v) is 9.40. The van der Waals surface area contributed by atoms with Crippen LogP contribution in [0.4, 0.5) is 10.1 Å². The lowest BCUT2D eigenvalue weighted by Crippen LogP contribution is -2.35. The molecule has 2 rings (SSSR count). The van der Waals surface area contributed by atoms with Gasteiger partial charge in [0.2, 0.25) is 0 Å². The number of amides is 1. The van der Waals surface area contributed by atoms with Crippen molar-refractivity contribution in [2.75, 3.05) is 18.9 Å². The topological polar surface area (TPSA) is 66.6 Å². The number of nitrogens with zero attached hydrogens (tertiary/aromatic N) is 1. The molecule has 0 heterocycles. The summed E-state index contributed by atoms with van der Waals surface area (Å²) in [5, 5.41) is 8.93. The first-order valence-electron chi connectivity index (χ1n) is 5.60. The van der Waals surface area contributed by atoms with Crippen molar-refractivity contribution in [3.05, 3.63) is 29.6 Å². The highest BCUT2D eigenvalue weighted by molar-refractivity contribution is 5.99. The maximum absolute atomic E-state index is 13.1. The number of aliphatic hydroxyl groups is 1. The van der Waals surface area contributed by atoms with Crippen LogP contribution in [0.2, 0.25) is 0 Å². The largest absolute Gasteiger partial charge is 0.398 e. The summed E-state index contributed by atoms with van der Waals surface area (Å²) < 4.78 is 13.1. The minimum absolute atomic E-state index is 0.0997. The van der Waals surface area contributed by atoms with E-state index in [-0.39, 0.29) is 36.4 Å². The van der Waals surface area contributed by atoms with E-state index in [0.717, 1.165) is 18.9 Å². The van der Waals surface area contributed by atoms with Crippen molar-refractivity contribution in [1.29, 1.82) is 0 Å². The molecule has 1 saturated carbocycles. The van der Waals surface area contributed by atoms with Gasteiger partial charge in [-0.1, -0.05) is 0 Å². The van der Waals surface area contributed by atoms with Crippen molar-refractivity contribution in [1.82, 2.24) is 4.90 Å². The molecule has 5 heteroatoms. The molecule has 1 amide bonds. The zero-order chi connectivity index (χ0) is 12.4. The molecule has 0 atom stereocenters. The SMILES string of the molecule is Nc1ccc(F)cc1C(=O)N(CCO)C1CC1. The number of carbonyl (C=O) groups excluding carboxylic acids is 1. The Bertz CT molecular complexity index is 433. The summed E-state index contributed by atoms with van der Waals surface area (Å²) in [7, 11) is 0. The molecule has 0 aliphatic heterocycles. The summed E-state index contributed by atoms with van der Waals surface area (Å²) in [5.41, 5.74) is 6.10. The van der Waals surface area contributed by atoms with Crippen molar-refractivity contribution in [3.63, 3.8) is 0 Å². The maximum atomic E-state index is 13.1. The molecule has 0 bridgehead atoms. The number of carbonyl (C=O) groups is 1. The molecule has 1 fully saturated rings. The fraction of sp³-hybridized carbons (Fsp3) is 0.417. The number of nitrogens with two attached hydrogens (primary N) is 1. The second kappa shape index (κ2) is 4.71. The zero-order valence-electron chi connectivity index (χ0n) is 9.40. The smallest absolute Gasteiger partial charge is 0.256 e. The molecule has 0 unspecified atom stereocenters. The minimum atomic E-state index is -0.484. The maximum Gasteiger partial charge on any atom is 0.256 e. The van der Waals surface area contributed by atoms with Gasteiger partial charge in [0, 0.05) is 18.3 Å². The highest BCUT2D eigenvalue weighted by atomic mass is 19.1. The number of rotatable bonds is 4. The molecule has 1 aromatic carbocycles. The van der Waals surface area contributed by atoms with Gasteiger partial charge in [-0.3, -0.25) is 4.79 Å². The molecule has 1 aliphatic rings. The van der Waals surface area contributed by atoms with Gasteiger partial charge in [0.1, 0.15) is 5.82 Å². The quantitative estimate of drug-likeness (QED) is 0.769. The predicted octanol–water partition coefficient (Wildman–Crippen LogP) is 1.00. The Labute approximate surface area is 98.8 Å². The first-order valence-corrected chi connectivity index (χ1v) is 5.60. The lowest BCUT2D eigenvalue weighted by Gasteiger charge is -2.22. The standard InChI is InChI=1S/C12H15FN2O2/c13-8-1-4-11(14)10(7-8)12(17)15(5-6-16)9-2-3-9/h1,4,7,9,16H,2-3,5-6,14H2. The molecular weight excluding hydrogens is 223 g/mol. The Morgan fingerprint density at radius 2 is 2.24 bits per heavy atom. The van der Waals surface area contributed by atoms with Gasteiger partial charge in [-0.05, 0) is 31.0 Å². The predicted molar refractivity (Wildman–Crippen MR) is 62.0 cm³/mol. The Morgan fingerprint density at radius 3 is 2.82 bits per heavy atom. The van der Waals surface area contributed by atoms with E-state index in [1.165, 1.54) is 12.1 Å². The molecular formula is C12H15FN2O2. The molecule has 17 heavy (non-hydrogen) atoms. The number of anilines is 1. The van der Waals surface area contributed by atoms with Crippen LogP contribution >= 0.6 is 0 Å². The lowest BCUT2D eigenvalue weighted by atomic mass is 10.1. The summed E-state index contributed by atoms with van der Waals surface area (Å²) >= 11 is 0. The molecule has 0 saturated heterocycles. The fourth-order valence-corrected chi connectivity index (χ4v) is 1.81. The number of halogens is 1. The average Bonchev–Trinajstić information content (AvgIpc) is 3.12. The summed E-state index contributed by atoms with van der Waals surface area (Å²) in [4.78, 5) is 13.7. The van der Waals surface area contributed by atoms with Crippen LogP contribution in [-0.4, -0.2) is 35.1 Å². The first kappa shape index (κ1) is 11.9. The van der Waals surface area contributed by atoms with Gasteiger partial charge >= 0.3 is 0 Å². The van der Waals surface area contributed by atoms with Gasteiger partial charge in [0.15, 0.2) is 0 Å². The third-order valence-corrected chi connectivity index (χ3v) is 2.84. The van der Waals surface area contributed by atoms with Crippen molar-refractivity contribution in [3.8, 4) is 0 Å². The van der Waals surface area contributed by atoms with Crippen LogP contribution in [0.15, 0.2) is 18.2 Å². The summed E-state index contributed by atoms with van der Waals surface area (Å²) in [6.45, 7) is 0.164. The summed E-state index contributed by atoms with van der Waals surface area (Å²) in [5.74, 6) is -0.791.